The summed E-state index contributed by atoms with van der Waals surface area (Å²) < 4.78 is 13.1. The second kappa shape index (κ2) is 9.51. The molecule has 0 aromatic heterocycles. The van der Waals surface area contributed by atoms with Crippen LogP contribution in [0.5, 0.6) is 0 Å². The van der Waals surface area contributed by atoms with Crippen LogP contribution in [0.2, 0.25) is 0 Å². The first-order chi connectivity index (χ1) is 14.7. The number of carbonyl (C=O) groups excluding carboxylic acids is 3. The fourth-order valence-corrected chi connectivity index (χ4v) is 3.47. The average molecular weight is 424 g/mol. The number of hydrogen-bond donors (Lipinski definition) is 2. The summed E-state index contributed by atoms with van der Waals surface area (Å²) in [5.41, 5.74) is 4.61. The molecule has 0 saturated heterocycles. The standard InChI is InChI=1S/C23H25FN4O3/c1-14-10-15(2)22(16(3)11-14)26-20(29)12-25-23(31)19-8-9-21(30)28(27-19)13-17-4-6-18(24)7-5-17/h4-7,10-11H,8-9,12-13H2,1-3H3,(H,25,31)(H,26,29). The van der Waals surface area contributed by atoms with Crippen molar-refractivity contribution in [3.63, 3.8) is 0 Å². The molecule has 2 aromatic carbocycles. The maximum atomic E-state index is 13.1. The first kappa shape index (κ1) is 22.1. The molecule has 0 aliphatic carbocycles. The Labute approximate surface area is 180 Å². The summed E-state index contributed by atoms with van der Waals surface area (Å²) in [4.78, 5) is 36.9. The monoisotopic (exact) mass is 424 g/mol. The van der Waals surface area contributed by atoms with Gasteiger partial charge in [0.25, 0.3) is 5.91 Å². The van der Waals surface area contributed by atoms with Crippen molar-refractivity contribution in [3.8, 4) is 0 Å². The zero-order chi connectivity index (χ0) is 22.5. The Morgan fingerprint density at radius 2 is 1.71 bits per heavy atom. The zero-order valence-electron chi connectivity index (χ0n) is 17.8. The number of aryl methyl sites for hydroxylation is 3. The van der Waals surface area contributed by atoms with Crippen molar-refractivity contribution in [1.82, 2.24) is 10.3 Å². The van der Waals surface area contributed by atoms with Gasteiger partial charge in [-0.25, -0.2) is 9.40 Å². The maximum Gasteiger partial charge on any atom is 0.267 e. The highest BCUT2D eigenvalue weighted by molar-refractivity contribution is 6.39. The van der Waals surface area contributed by atoms with E-state index in [0.717, 1.165) is 22.4 Å². The number of anilines is 1. The molecular formula is C23H25FN4O3. The van der Waals surface area contributed by atoms with E-state index in [4.69, 9.17) is 0 Å². The third kappa shape index (κ3) is 5.75. The Hall–Kier alpha value is -3.55. The van der Waals surface area contributed by atoms with Gasteiger partial charge in [-0.05, 0) is 49.6 Å². The number of halogens is 1. The van der Waals surface area contributed by atoms with Gasteiger partial charge in [-0.2, -0.15) is 5.10 Å². The van der Waals surface area contributed by atoms with Gasteiger partial charge < -0.3 is 10.6 Å². The highest BCUT2D eigenvalue weighted by Gasteiger charge is 2.25. The Morgan fingerprint density at radius 1 is 1.06 bits per heavy atom. The van der Waals surface area contributed by atoms with E-state index in [-0.39, 0.29) is 49.3 Å². The predicted molar refractivity (Wildman–Crippen MR) is 116 cm³/mol. The lowest BCUT2D eigenvalue weighted by atomic mass is 10.1. The molecule has 1 heterocycles. The first-order valence-electron chi connectivity index (χ1n) is 10.0. The van der Waals surface area contributed by atoms with Crippen LogP contribution in [0.25, 0.3) is 0 Å². The van der Waals surface area contributed by atoms with Crippen LogP contribution < -0.4 is 10.6 Å². The van der Waals surface area contributed by atoms with E-state index in [1.807, 2.05) is 32.9 Å². The Morgan fingerprint density at radius 3 is 2.35 bits per heavy atom. The van der Waals surface area contributed by atoms with Crippen molar-refractivity contribution in [1.29, 1.82) is 0 Å². The lowest BCUT2D eigenvalue weighted by molar-refractivity contribution is -0.132. The lowest BCUT2D eigenvalue weighted by Gasteiger charge is -2.23. The summed E-state index contributed by atoms with van der Waals surface area (Å²) in [6.45, 7) is 5.75. The Kier molecular flexibility index (Phi) is 6.79. The SMILES string of the molecule is Cc1cc(C)c(NC(=O)CNC(=O)C2=NN(Cc3ccc(F)cc3)C(=O)CC2)c(C)c1. The molecule has 0 saturated carbocycles. The molecule has 7 nitrogen and oxygen atoms in total. The highest BCUT2D eigenvalue weighted by atomic mass is 19.1. The van der Waals surface area contributed by atoms with Crippen LogP contribution in [0.4, 0.5) is 10.1 Å². The van der Waals surface area contributed by atoms with E-state index in [1.54, 1.807) is 12.1 Å². The van der Waals surface area contributed by atoms with Gasteiger partial charge >= 0.3 is 0 Å². The largest absolute Gasteiger partial charge is 0.342 e. The summed E-state index contributed by atoms with van der Waals surface area (Å²) in [7, 11) is 0. The van der Waals surface area contributed by atoms with E-state index in [0.29, 0.717) is 5.56 Å². The molecule has 31 heavy (non-hydrogen) atoms. The smallest absolute Gasteiger partial charge is 0.267 e. The summed E-state index contributed by atoms with van der Waals surface area (Å²) in [5.74, 6) is -1.43. The van der Waals surface area contributed by atoms with Gasteiger partial charge in [0.1, 0.15) is 11.5 Å². The molecule has 2 N–H and O–H groups in total. The van der Waals surface area contributed by atoms with Crippen LogP contribution in [0.15, 0.2) is 41.5 Å². The topological polar surface area (TPSA) is 90.9 Å². The number of carbonyl (C=O) groups is 3. The van der Waals surface area contributed by atoms with E-state index in [1.165, 1.54) is 17.1 Å². The van der Waals surface area contributed by atoms with Gasteiger partial charge in [-0.1, -0.05) is 29.8 Å². The summed E-state index contributed by atoms with van der Waals surface area (Å²) in [5, 5.41) is 10.7. The van der Waals surface area contributed by atoms with E-state index >= 15 is 0 Å². The Bertz CT molecular complexity index is 1020. The van der Waals surface area contributed by atoms with Crippen molar-refractivity contribution in [2.75, 3.05) is 11.9 Å². The van der Waals surface area contributed by atoms with Gasteiger partial charge in [0.05, 0.1) is 13.1 Å². The van der Waals surface area contributed by atoms with Crippen LogP contribution in [0.3, 0.4) is 0 Å². The second-order valence-electron chi connectivity index (χ2n) is 7.63. The van der Waals surface area contributed by atoms with Gasteiger partial charge in [-0.3, -0.25) is 14.4 Å². The quantitative estimate of drug-likeness (QED) is 0.747. The Balaban J connectivity index is 1.59. The number of amides is 3. The van der Waals surface area contributed by atoms with Crippen LogP contribution in [0.1, 0.15) is 35.1 Å². The van der Waals surface area contributed by atoms with Crippen molar-refractivity contribution in [2.45, 2.75) is 40.2 Å². The molecular weight excluding hydrogens is 399 g/mol. The van der Waals surface area contributed by atoms with Crippen molar-refractivity contribution in [2.24, 2.45) is 5.10 Å². The van der Waals surface area contributed by atoms with E-state index in [9.17, 15) is 18.8 Å². The van der Waals surface area contributed by atoms with Gasteiger partial charge in [0.15, 0.2) is 0 Å². The van der Waals surface area contributed by atoms with Crippen molar-refractivity contribution in [3.05, 3.63) is 64.5 Å². The summed E-state index contributed by atoms with van der Waals surface area (Å²) in [6, 6.07) is 9.68. The van der Waals surface area contributed by atoms with Gasteiger partial charge in [-0.15, -0.1) is 0 Å². The number of nitrogens with zero attached hydrogens (tertiary/aromatic N) is 2. The highest BCUT2D eigenvalue weighted by Crippen LogP contribution is 2.21. The molecule has 3 rings (SSSR count). The molecule has 2 aromatic rings. The number of rotatable bonds is 6. The van der Waals surface area contributed by atoms with Crippen LogP contribution in [-0.4, -0.2) is 35.0 Å². The van der Waals surface area contributed by atoms with Crippen LogP contribution in [-0.2, 0) is 20.9 Å². The molecule has 1 aliphatic rings. The molecule has 1 aliphatic heterocycles. The molecule has 3 amide bonds. The minimum Gasteiger partial charge on any atom is -0.342 e. The molecule has 0 bridgehead atoms. The minimum absolute atomic E-state index is 0.140. The number of nitrogens with one attached hydrogen (secondary N) is 2. The second-order valence-corrected chi connectivity index (χ2v) is 7.63. The molecule has 0 spiro atoms. The zero-order valence-corrected chi connectivity index (χ0v) is 17.8. The molecule has 0 radical (unpaired) electrons. The number of hydrazone groups is 1. The molecule has 162 valence electrons. The first-order valence-corrected chi connectivity index (χ1v) is 10.0. The van der Waals surface area contributed by atoms with Gasteiger partial charge in [0.2, 0.25) is 11.8 Å². The van der Waals surface area contributed by atoms with E-state index in [2.05, 4.69) is 15.7 Å². The third-order valence-electron chi connectivity index (χ3n) is 4.96. The average Bonchev–Trinajstić information content (AvgIpc) is 2.72. The molecule has 8 heteroatoms. The predicted octanol–water partition coefficient (Wildman–Crippen LogP) is 2.98. The van der Waals surface area contributed by atoms with Crippen LogP contribution >= 0.6 is 0 Å². The fourth-order valence-electron chi connectivity index (χ4n) is 3.47. The third-order valence-corrected chi connectivity index (χ3v) is 4.96. The number of benzene rings is 2. The van der Waals surface area contributed by atoms with Crippen molar-refractivity contribution < 1.29 is 18.8 Å². The lowest BCUT2D eigenvalue weighted by Crippen LogP contribution is -2.41. The maximum absolute atomic E-state index is 13.1. The minimum atomic E-state index is -0.496. The van der Waals surface area contributed by atoms with Crippen molar-refractivity contribution >= 4 is 29.1 Å². The fraction of sp³-hybridized carbons (Fsp3) is 0.304. The molecule has 0 unspecified atom stereocenters. The molecule has 0 atom stereocenters. The summed E-state index contributed by atoms with van der Waals surface area (Å²) in [6.07, 6.45) is 0.337. The van der Waals surface area contributed by atoms with Gasteiger partial charge in [0, 0.05) is 18.5 Å². The molecule has 0 fully saturated rings. The van der Waals surface area contributed by atoms with E-state index < -0.39 is 5.91 Å². The number of hydrogen-bond acceptors (Lipinski definition) is 4. The van der Waals surface area contributed by atoms with Crippen LogP contribution in [0, 0.1) is 26.6 Å². The normalized spacial score (nSPS) is 13.6. The summed E-state index contributed by atoms with van der Waals surface area (Å²) >= 11 is 0.